The van der Waals surface area contributed by atoms with Gasteiger partial charge in [0.2, 0.25) is 5.91 Å². The lowest BCUT2D eigenvalue weighted by Crippen LogP contribution is -2.40. The van der Waals surface area contributed by atoms with Gasteiger partial charge in [-0.1, -0.05) is 42.5 Å². The predicted octanol–water partition coefficient (Wildman–Crippen LogP) is 3.46. The SMILES string of the molecule is CC(C)Oc1ccccc1CNCc1cccc(CN2CCCC(C(N)=O)C2)c1. The fourth-order valence-corrected chi connectivity index (χ4v) is 3.89. The van der Waals surface area contributed by atoms with Gasteiger partial charge in [-0.3, -0.25) is 9.69 Å². The molecule has 0 saturated carbocycles. The van der Waals surface area contributed by atoms with Gasteiger partial charge in [0.15, 0.2) is 0 Å². The summed E-state index contributed by atoms with van der Waals surface area (Å²) in [4.78, 5) is 13.8. The van der Waals surface area contributed by atoms with Crippen LogP contribution in [-0.2, 0) is 24.4 Å². The minimum Gasteiger partial charge on any atom is -0.491 e. The van der Waals surface area contributed by atoms with E-state index in [4.69, 9.17) is 10.5 Å². The smallest absolute Gasteiger partial charge is 0.221 e. The van der Waals surface area contributed by atoms with Gasteiger partial charge < -0.3 is 15.8 Å². The molecule has 5 heteroatoms. The zero-order valence-corrected chi connectivity index (χ0v) is 17.6. The van der Waals surface area contributed by atoms with Gasteiger partial charge in [-0.05, 0) is 50.4 Å². The van der Waals surface area contributed by atoms with Crippen molar-refractivity contribution in [3.63, 3.8) is 0 Å². The number of piperidine rings is 1. The lowest BCUT2D eigenvalue weighted by atomic mass is 9.97. The number of nitrogens with one attached hydrogen (secondary N) is 1. The number of ether oxygens (including phenoxy) is 1. The molecule has 1 fully saturated rings. The average molecular weight is 396 g/mol. The van der Waals surface area contributed by atoms with Crippen LogP contribution in [0.3, 0.4) is 0 Å². The standard InChI is InChI=1S/C24H33N3O2/c1-18(2)29-23-11-4-3-9-21(23)15-26-14-19-7-5-8-20(13-19)16-27-12-6-10-22(17-27)24(25)28/h3-5,7-9,11,13,18,22,26H,6,10,12,14-17H2,1-2H3,(H2,25,28). The molecule has 1 saturated heterocycles. The van der Waals surface area contributed by atoms with E-state index in [2.05, 4.69) is 40.5 Å². The lowest BCUT2D eigenvalue weighted by Gasteiger charge is -2.31. The molecule has 0 aromatic heterocycles. The number of hydrogen-bond donors (Lipinski definition) is 2. The van der Waals surface area contributed by atoms with E-state index < -0.39 is 0 Å². The number of rotatable bonds is 9. The summed E-state index contributed by atoms with van der Waals surface area (Å²) in [5, 5.41) is 3.53. The molecule has 5 nitrogen and oxygen atoms in total. The predicted molar refractivity (Wildman–Crippen MR) is 116 cm³/mol. The zero-order valence-electron chi connectivity index (χ0n) is 17.6. The van der Waals surface area contributed by atoms with Gasteiger partial charge in [0, 0.05) is 31.7 Å². The van der Waals surface area contributed by atoms with Gasteiger partial charge in [0.25, 0.3) is 0 Å². The van der Waals surface area contributed by atoms with Crippen molar-refractivity contribution >= 4 is 5.91 Å². The molecule has 29 heavy (non-hydrogen) atoms. The second-order valence-electron chi connectivity index (χ2n) is 8.17. The van der Waals surface area contributed by atoms with Gasteiger partial charge in [0.1, 0.15) is 5.75 Å². The first-order valence-electron chi connectivity index (χ1n) is 10.6. The van der Waals surface area contributed by atoms with E-state index in [1.807, 2.05) is 32.0 Å². The summed E-state index contributed by atoms with van der Waals surface area (Å²) in [5.41, 5.74) is 9.21. The lowest BCUT2D eigenvalue weighted by molar-refractivity contribution is -0.123. The summed E-state index contributed by atoms with van der Waals surface area (Å²) in [7, 11) is 0. The van der Waals surface area contributed by atoms with Gasteiger partial charge in [-0.15, -0.1) is 0 Å². The average Bonchev–Trinajstić information content (AvgIpc) is 2.69. The molecular formula is C24H33N3O2. The van der Waals surface area contributed by atoms with Crippen LogP contribution in [0.2, 0.25) is 0 Å². The fraction of sp³-hybridized carbons (Fsp3) is 0.458. The monoisotopic (exact) mass is 395 g/mol. The maximum atomic E-state index is 11.5. The molecule has 0 bridgehead atoms. The number of amides is 1. The largest absolute Gasteiger partial charge is 0.491 e. The Balaban J connectivity index is 1.53. The number of benzene rings is 2. The van der Waals surface area contributed by atoms with E-state index in [1.165, 1.54) is 16.7 Å². The Kier molecular flexibility index (Phi) is 7.67. The Morgan fingerprint density at radius 1 is 1.17 bits per heavy atom. The van der Waals surface area contributed by atoms with Gasteiger partial charge in [-0.25, -0.2) is 0 Å². The van der Waals surface area contributed by atoms with E-state index in [-0.39, 0.29) is 17.9 Å². The molecule has 156 valence electrons. The number of hydrogen-bond acceptors (Lipinski definition) is 4. The number of para-hydroxylation sites is 1. The van der Waals surface area contributed by atoms with Crippen molar-refractivity contribution in [3.05, 3.63) is 65.2 Å². The van der Waals surface area contributed by atoms with E-state index in [9.17, 15) is 4.79 Å². The third kappa shape index (κ3) is 6.58. The first-order valence-corrected chi connectivity index (χ1v) is 10.6. The molecule has 1 aliphatic rings. The Hall–Kier alpha value is -2.37. The van der Waals surface area contributed by atoms with E-state index in [0.29, 0.717) is 0 Å². The molecule has 0 spiro atoms. The van der Waals surface area contributed by atoms with Crippen LogP contribution in [0.1, 0.15) is 43.4 Å². The Morgan fingerprint density at radius 3 is 2.76 bits per heavy atom. The molecule has 1 atom stereocenters. The highest BCUT2D eigenvalue weighted by Gasteiger charge is 2.23. The number of carbonyl (C=O) groups is 1. The topological polar surface area (TPSA) is 67.6 Å². The minimum atomic E-state index is -0.172. The quantitative estimate of drug-likeness (QED) is 0.682. The Labute approximate surface area is 174 Å². The van der Waals surface area contributed by atoms with Crippen molar-refractivity contribution < 1.29 is 9.53 Å². The molecule has 2 aromatic rings. The summed E-state index contributed by atoms with van der Waals surface area (Å²) < 4.78 is 5.90. The Morgan fingerprint density at radius 2 is 1.97 bits per heavy atom. The summed E-state index contributed by atoms with van der Waals surface area (Å²) in [5.74, 6) is 0.758. The highest BCUT2D eigenvalue weighted by Crippen LogP contribution is 2.20. The van der Waals surface area contributed by atoms with Crippen LogP contribution in [0.5, 0.6) is 5.75 Å². The van der Waals surface area contributed by atoms with Crippen LogP contribution < -0.4 is 15.8 Å². The highest BCUT2D eigenvalue weighted by atomic mass is 16.5. The van der Waals surface area contributed by atoms with Crippen molar-refractivity contribution in [3.8, 4) is 5.75 Å². The summed E-state index contributed by atoms with van der Waals surface area (Å²) >= 11 is 0. The Bertz CT molecular complexity index is 806. The molecule has 0 radical (unpaired) electrons. The van der Waals surface area contributed by atoms with Crippen LogP contribution in [0.15, 0.2) is 48.5 Å². The molecule has 1 aliphatic heterocycles. The van der Waals surface area contributed by atoms with Crippen molar-refractivity contribution in [2.45, 2.75) is 52.4 Å². The van der Waals surface area contributed by atoms with Crippen molar-refractivity contribution in [2.24, 2.45) is 11.7 Å². The first kappa shape index (κ1) is 21.3. The van der Waals surface area contributed by atoms with Crippen LogP contribution in [0, 0.1) is 5.92 Å². The summed E-state index contributed by atoms with van der Waals surface area (Å²) in [6.07, 6.45) is 2.11. The summed E-state index contributed by atoms with van der Waals surface area (Å²) in [6.45, 7) is 8.31. The van der Waals surface area contributed by atoms with Gasteiger partial charge in [-0.2, -0.15) is 0 Å². The maximum Gasteiger partial charge on any atom is 0.221 e. The number of primary amides is 1. The third-order valence-electron chi connectivity index (χ3n) is 5.29. The number of nitrogens with zero attached hydrogens (tertiary/aromatic N) is 1. The molecule has 2 aromatic carbocycles. The summed E-state index contributed by atoms with van der Waals surface area (Å²) in [6, 6.07) is 16.8. The van der Waals surface area contributed by atoms with Crippen LogP contribution in [-0.4, -0.2) is 30.0 Å². The van der Waals surface area contributed by atoms with Crippen LogP contribution >= 0.6 is 0 Å². The van der Waals surface area contributed by atoms with Crippen LogP contribution in [0.4, 0.5) is 0 Å². The third-order valence-corrected chi connectivity index (χ3v) is 5.29. The molecule has 1 heterocycles. The molecule has 3 N–H and O–H groups in total. The molecule has 1 unspecified atom stereocenters. The molecule has 1 amide bonds. The van der Waals surface area contributed by atoms with Crippen molar-refractivity contribution in [1.29, 1.82) is 0 Å². The molecule has 3 rings (SSSR count). The fourth-order valence-electron chi connectivity index (χ4n) is 3.89. The second-order valence-corrected chi connectivity index (χ2v) is 8.17. The highest BCUT2D eigenvalue weighted by molar-refractivity contribution is 5.76. The maximum absolute atomic E-state index is 11.5. The second kappa shape index (κ2) is 10.4. The number of nitrogens with two attached hydrogens (primary N) is 1. The number of likely N-dealkylation sites (tertiary alicyclic amines) is 1. The first-order chi connectivity index (χ1) is 14.0. The van der Waals surface area contributed by atoms with E-state index in [0.717, 1.165) is 51.3 Å². The van der Waals surface area contributed by atoms with Gasteiger partial charge in [0.05, 0.1) is 12.0 Å². The van der Waals surface area contributed by atoms with E-state index >= 15 is 0 Å². The van der Waals surface area contributed by atoms with Crippen molar-refractivity contribution in [2.75, 3.05) is 13.1 Å². The number of carbonyl (C=O) groups excluding carboxylic acids is 1. The van der Waals surface area contributed by atoms with Gasteiger partial charge >= 0.3 is 0 Å². The molecular weight excluding hydrogens is 362 g/mol. The zero-order chi connectivity index (χ0) is 20.6. The molecule has 0 aliphatic carbocycles. The normalized spacial score (nSPS) is 17.4. The minimum absolute atomic E-state index is 0.0123. The van der Waals surface area contributed by atoms with E-state index in [1.54, 1.807) is 0 Å². The van der Waals surface area contributed by atoms with Crippen LogP contribution in [0.25, 0.3) is 0 Å². The van der Waals surface area contributed by atoms with Crippen molar-refractivity contribution in [1.82, 2.24) is 10.2 Å².